The van der Waals surface area contributed by atoms with Crippen molar-refractivity contribution in [2.45, 2.75) is 24.2 Å². The van der Waals surface area contributed by atoms with Crippen molar-refractivity contribution in [1.82, 2.24) is 9.97 Å². The zero-order valence-corrected chi connectivity index (χ0v) is 18.4. The second-order valence-corrected chi connectivity index (χ2v) is 18.7. The average molecular weight is 413 g/mol. The van der Waals surface area contributed by atoms with Crippen molar-refractivity contribution >= 4 is 28.6 Å². The second kappa shape index (κ2) is 6.93. The van der Waals surface area contributed by atoms with Gasteiger partial charge in [0, 0.05) is 0 Å². The fourth-order valence-electron chi connectivity index (χ4n) is 3.75. The monoisotopic (exact) mass is 414 g/mol. The number of hydrogen-bond donors (Lipinski definition) is 0. The van der Waals surface area contributed by atoms with Gasteiger partial charge in [-0.25, -0.2) is 0 Å². The molecule has 4 aromatic rings. The van der Waals surface area contributed by atoms with Gasteiger partial charge in [0.2, 0.25) is 0 Å². The van der Waals surface area contributed by atoms with Gasteiger partial charge in [0.25, 0.3) is 0 Å². The maximum atomic E-state index is 4.62. The fraction of sp³-hybridized carbons (Fsp3) is 0.167. The number of rotatable bonds is 3. The Hall–Kier alpha value is -2.46. The predicted molar refractivity (Wildman–Crippen MR) is 118 cm³/mol. The Morgan fingerprint density at radius 3 is 2.15 bits per heavy atom. The van der Waals surface area contributed by atoms with E-state index in [4.69, 9.17) is 0 Å². The topological polar surface area (TPSA) is 25.8 Å². The number of benzene rings is 3. The molecule has 0 fully saturated rings. The molecule has 0 saturated carbocycles. The van der Waals surface area contributed by atoms with E-state index in [0.29, 0.717) is 0 Å². The molecule has 0 spiro atoms. The van der Waals surface area contributed by atoms with Crippen molar-refractivity contribution in [3.05, 3.63) is 78.6 Å². The molecule has 1 heterocycles. The summed E-state index contributed by atoms with van der Waals surface area (Å²) in [4.78, 5) is 9.15. The van der Waals surface area contributed by atoms with E-state index in [1.165, 1.54) is 22.3 Å². The van der Waals surface area contributed by atoms with Gasteiger partial charge in [-0.15, -0.1) is 0 Å². The molecule has 0 aliphatic heterocycles. The Morgan fingerprint density at radius 2 is 1.44 bits per heavy atom. The molecule has 0 amide bonds. The molecule has 0 radical (unpaired) electrons. The predicted octanol–water partition coefficient (Wildman–Crippen LogP) is 5.82. The van der Waals surface area contributed by atoms with Gasteiger partial charge < -0.3 is 0 Å². The summed E-state index contributed by atoms with van der Waals surface area (Å²) >= 11 is -1.85. The minimum atomic E-state index is -1.85. The number of aromatic nitrogens is 2. The van der Waals surface area contributed by atoms with Crippen LogP contribution >= 0.6 is 0 Å². The van der Waals surface area contributed by atoms with E-state index in [1.807, 2.05) is 6.07 Å². The molecule has 134 valence electrons. The molecule has 1 aromatic heterocycles. The SMILES string of the molecule is Cc1cc(-c2ncnc3cc(-c4ccccc4)ccc23)cc[c]1[Ge]([CH3])([CH3])[CH3]. The van der Waals surface area contributed by atoms with Crippen LogP contribution in [0.15, 0.2) is 73.1 Å². The number of hydrogen-bond acceptors (Lipinski definition) is 2. The molecule has 0 aliphatic rings. The van der Waals surface area contributed by atoms with Crippen LogP contribution in [0.5, 0.6) is 0 Å². The average Bonchev–Trinajstić information content (AvgIpc) is 2.66. The molecular formula is C24H24GeN2. The van der Waals surface area contributed by atoms with Gasteiger partial charge in [0.15, 0.2) is 0 Å². The first-order valence-corrected chi connectivity index (χ1v) is 16.7. The van der Waals surface area contributed by atoms with Crippen LogP contribution in [0.4, 0.5) is 0 Å². The summed E-state index contributed by atoms with van der Waals surface area (Å²) in [6.07, 6.45) is 1.68. The molecule has 0 N–H and O–H groups in total. The van der Waals surface area contributed by atoms with E-state index in [0.717, 1.165) is 16.6 Å². The maximum absolute atomic E-state index is 4.62. The van der Waals surface area contributed by atoms with E-state index in [1.54, 1.807) is 10.7 Å². The van der Waals surface area contributed by atoms with E-state index in [9.17, 15) is 0 Å². The summed E-state index contributed by atoms with van der Waals surface area (Å²) in [7, 11) is 0. The first-order chi connectivity index (χ1) is 12.9. The van der Waals surface area contributed by atoms with Crippen molar-refractivity contribution in [3.8, 4) is 22.4 Å². The van der Waals surface area contributed by atoms with Crippen molar-refractivity contribution in [3.63, 3.8) is 0 Å². The Balaban J connectivity index is 1.83. The molecule has 0 unspecified atom stereocenters. The molecule has 0 bridgehead atoms. The van der Waals surface area contributed by atoms with Crippen LogP contribution in [0.1, 0.15) is 5.56 Å². The quantitative estimate of drug-likeness (QED) is 0.396. The van der Waals surface area contributed by atoms with E-state index >= 15 is 0 Å². The standard InChI is InChI=1S/C24H24GeN2/c1-17-14-20(11-13-22(17)25(2,3)4)24-21-12-10-19(15-23(21)26-16-27-24)18-8-6-5-7-9-18/h5-16H,1-4H3. The normalized spacial score (nSPS) is 11.7. The van der Waals surface area contributed by atoms with Gasteiger partial charge in [-0.2, -0.15) is 0 Å². The van der Waals surface area contributed by atoms with Gasteiger partial charge in [0.05, 0.1) is 0 Å². The number of aryl methyl sites for hydroxylation is 1. The van der Waals surface area contributed by atoms with Gasteiger partial charge in [-0.05, 0) is 0 Å². The van der Waals surface area contributed by atoms with Gasteiger partial charge in [-0.1, -0.05) is 6.07 Å². The molecule has 3 aromatic carbocycles. The third-order valence-corrected chi connectivity index (χ3v) is 9.62. The molecule has 27 heavy (non-hydrogen) atoms. The molecular weight excluding hydrogens is 389 g/mol. The summed E-state index contributed by atoms with van der Waals surface area (Å²) in [5, 5.41) is 1.10. The summed E-state index contributed by atoms with van der Waals surface area (Å²) < 4.78 is 1.56. The zero-order valence-electron chi connectivity index (χ0n) is 16.3. The Kier molecular flexibility index (Phi) is 4.60. The van der Waals surface area contributed by atoms with Gasteiger partial charge in [-0.3, -0.25) is 0 Å². The van der Waals surface area contributed by atoms with E-state index in [2.05, 4.69) is 94.8 Å². The van der Waals surface area contributed by atoms with Gasteiger partial charge in [0.1, 0.15) is 0 Å². The van der Waals surface area contributed by atoms with Crippen molar-refractivity contribution in [2.24, 2.45) is 0 Å². The van der Waals surface area contributed by atoms with Crippen LogP contribution < -0.4 is 4.40 Å². The Labute approximate surface area is 163 Å². The van der Waals surface area contributed by atoms with Crippen molar-refractivity contribution in [1.29, 1.82) is 0 Å². The number of nitrogens with zero attached hydrogens (tertiary/aromatic N) is 2. The summed E-state index contributed by atoms with van der Waals surface area (Å²) in [6, 6.07) is 23.7. The van der Waals surface area contributed by atoms with Crippen LogP contribution in [-0.2, 0) is 0 Å². The molecule has 3 heteroatoms. The number of fused-ring (bicyclic) bond motifs is 1. The summed E-state index contributed by atoms with van der Waals surface area (Å²) in [5.41, 5.74) is 6.93. The van der Waals surface area contributed by atoms with Crippen LogP contribution in [0.3, 0.4) is 0 Å². The third kappa shape index (κ3) is 3.54. The first kappa shape index (κ1) is 17.9. The van der Waals surface area contributed by atoms with Crippen molar-refractivity contribution < 1.29 is 0 Å². The second-order valence-electron chi connectivity index (χ2n) is 8.10. The summed E-state index contributed by atoms with van der Waals surface area (Å²) in [6.45, 7) is 2.23. The minimum absolute atomic E-state index is 0.983. The van der Waals surface area contributed by atoms with Crippen LogP contribution in [-0.4, -0.2) is 23.2 Å². The molecule has 0 saturated heterocycles. The van der Waals surface area contributed by atoms with Gasteiger partial charge >= 0.3 is 158 Å². The molecule has 4 rings (SSSR count). The van der Waals surface area contributed by atoms with E-state index < -0.39 is 13.3 Å². The van der Waals surface area contributed by atoms with E-state index in [-0.39, 0.29) is 0 Å². The molecule has 0 aliphatic carbocycles. The molecule has 2 nitrogen and oxygen atoms in total. The van der Waals surface area contributed by atoms with Crippen LogP contribution in [0, 0.1) is 6.92 Å². The van der Waals surface area contributed by atoms with Crippen molar-refractivity contribution in [2.75, 3.05) is 0 Å². The third-order valence-electron chi connectivity index (χ3n) is 5.05. The molecule has 0 atom stereocenters. The first-order valence-electron chi connectivity index (χ1n) is 9.35. The van der Waals surface area contributed by atoms with Crippen LogP contribution in [0.25, 0.3) is 33.3 Å². The van der Waals surface area contributed by atoms with Crippen LogP contribution in [0.2, 0.25) is 17.3 Å². The Morgan fingerprint density at radius 1 is 0.704 bits per heavy atom. The fourth-order valence-corrected chi connectivity index (χ4v) is 7.61. The Bertz CT molecular complexity index is 1110. The zero-order chi connectivity index (χ0) is 19.0. The summed E-state index contributed by atoms with van der Waals surface area (Å²) in [5.74, 6) is 7.31.